The van der Waals surface area contributed by atoms with Crippen molar-refractivity contribution >= 4 is 18.4 Å². The quantitative estimate of drug-likeness (QED) is 0.800. The number of nitrogens with one attached hydrogen (secondary N) is 1. The van der Waals surface area contributed by atoms with Crippen LogP contribution in [0.4, 0.5) is 0 Å². The van der Waals surface area contributed by atoms with E-state index in [0.717, 1.165) is 18.7 Å². The molecule has 2 N–H and O–H groups in total. The summed E-state index contributed by atoms with van der Waals surface area (Å²) < 4.78 is 4.64. The molecule has 4 nitrogen and oxygen atoms in total. The van der Waals surface area contributed by atoms with E-state index >= 15 is 0 Å². The van der Waals surface area contributed by atoms with Crippen molar-refractivity contribution in [3.05, 3.63) is 35.4 Å². The molecule has 2 rings (SSSR count). The third-order valence-corrected chi connectivity index (χ3v) is 3.27. The molecule has 1 saturated heterocycles. The van der Waals surface area contributed by atoms with Gasteiger partial charge in [0.05, 0.1) is 18.3 Å². The molecule has 0 saturated carbocycles. The molecule has 1 aliphatic heterocycles. The van der Waals surface area contributed by atoms with Crippen LogP contribution in [0.3, 0.4) is 0 Å². The van der Waals surface area contributed by atoms with E-state index in [0.29, 0.717) is 18.4 Å². The molecule has 0 bridgehead atoms. The van der Waals surface area contributed by atoms with Gasteiger partial charge in [0.25, 0.3) is 0 Å². The Balaban J connectivity index is 0.00000162. The summed E-state index contributed by atoms with van der Waals surface area (Å²) in [6.07, 6.45) is 1.40. The molecular formula is C13H18ClNO3. The second-order valence-electron chi connectivity index (χ2n) is 4.35. The molecule has 0 atom stereocenters. The van der Waals surface area contributed by atoms with Crippen LogP contribution >= 0.6 is 12.4 Å². The van der Waals surface area contributed by atoms with E-state index in [4.69, 9.17) is 0 Å². The van der Waals surface area contributed by atoms with E-state index in [1.165, 1.54) is 7.11 Å². The van der Waals surface area contributed by atoms with E-state index in [2.05, 4.69) is 10.1 Å². The number of esters is 1. The minimum atomic E-state index is -0.764. The molecule has 0 aliphatic carbocycles. The molecule has 18 heavy (non-hydrogen) atoms. The van der Waals surface area contributed by atoms with Crippen molar-refractivity contribution in [1.82, 2.24) is 5.32 Å². The molecule has 0 amide bonds. The van der Waals surface area contributed by atoms with Crippen molar-refractivity contribution < 1.29 is 14.6 Å². The molecule has 1 heterocycles. The molecular weight excluding hydrogens is 254 g/mol. The summed E-state index contributed by atoms with van der Waals surface area (Å²) in [6, 6.07) is 7.00. The number of aliphatic hydroxyl groups is 1. The number of benzene rings is 1. The van der Waals surface area contributed by atoms with E-state index in [9.17, 15) is 9.90 Å². The molecule has 0 radical (unpaired) electrons. The van der Waals surface area contributed by atoms with Gasteiger partial charge in [-0.2, -0.15) is 0 Å². The zero-order valence-corrected chi connectivity index (χ0v) is 11.1. The first-order valence-electron chi connectivity index (χ1n) is 5.78. The maximum Gasteiger partial charge on any atom is 0.337 e. The summed E-state index contributed by atoms with van der Waals surface area (Å²) in [5.41, 5.74) is 0.611. The van der Waals surface area contributed by atoms with Gasteiger partial charge in [0, 0.05) is 0 Å². The van der Waals surface area contributed by atoms with Gasteiger partial charge in [-0.25, -0.2) is 4.79 Å². The zero-order valence-electron chi connectivity index (χ0n) is 10.3. The number of methoxy groups -OCH3 is 1. The lowest BCUT2D eigenvalue weighted by Gasteiger charge is -2.33. The summed E-state index contributed by atoms with van der Waals surface area (Å²) >= 11 is 0. The van der Waals surface area contributed by atoms with Crippen LogP contribution in [0.1, 0.15) is 28.8 Å². The van der Waals surface area contributed by atoms with Crippen LogP contribution < -0.4 is 5.32 Å². The van der Waals surface area contributed by atoms with Crippen LogP contribution in [0.25, 0.3) is 0 Å². The van der Waals surface area contributed by atoms with Crippen molar-refractivity contribution in [3.63, 3.8) is 0 Å². The minimum absolute atomic E-state index is 0. The average Bonchev–Trinajstić information content (AvgIpc) is 2.39. The van der Waals surface area contributed by atoms with Gasteiger partial charge in [0.15, 0.2) is 0 Å². The first kappa shape index (κ1) is 15.0. The average molecular weight is 272 g/mol. The zero-order chi connectivity index (χ0) is 12.3. The molecule has 1 aromatic carbocycles. The van der Waals surface area contributed by atoms with Gasteiger partial charge in [-0.1, -0.05) is 12.1 Å². The van der Waals surface area contributed by atoms with Crippen LogP contribution in [-0.4, -0.2) is 31.3 Å². The first-order valence-corrected chi connectivity index (χ1v) is 5.78. The van der Waals surface area contributed by atoms with Gasteiger partial charge in [-0.15, -0.1) is 12.4 Å². The van der Waals surface area contributed by atoms with Crippen LogP contribution in [0.2, 0.25) is 0 Å². The van der Waals surface area contributed by atoms with Crippen molar-refractivity contribution in [1.29, 1.82) is 0 Å². The number of rotatable bonds is 2. The molecule has 0 spiro atoms. The fraction of sp³-hybridized carbons (Fsp3) is 0.462. The highest BCUT2D eigenvalue weighted by molar-refractivity contribution is 5.89. The number of carbonyl (C=O) groups is 1. The third kappa shape index (κ3) is 3.02. The lowest BCUT2D eigenvalue weighted by molar-refractivity contribution is 0.00588. The fourth-order valence-corrected chi connectivity index (χ4v) is 2.16. The Morgan fingerprint density at radius 1 is 1.28 bits per heavy atom. The summed E-state index contributed by atoms with van der Waals surface area (Å²) in [7, 11) is 1.36. The Morgan fingerprint density at radius 3 is 2.33 bits per heavy atom. The number of piperidine rings is 1. The standard InChI is InChI=1S/C13H17NO3.ClH/c1-17-12(15)10-2-4-11(5-3-10)13(16)6-8-14-9-7-13;/h2-5,14,16H,6-9H2,1H3;1H. The van der Waals surface area contributed by atoms with Gasteiger partial charge in [0.1, 0.15) is 0 Å². The van der Waals surface area contributed by atoms with Crippen molar-refractivity contribution in [2.75, 3.05) is 20.2 Å². The Bertz CT molecular complexity index is 399. The number of ether oxygens (including phenoxy) is 1. The maximum absolute atomic E-state index is 11.3. The Morgan fingerprint density at radius 2 is 1.83 bits per heavy atom. The van der Waals surface area contributed by atoms with Crippen molar-refractivity contribution in [2.24, 2.45) is 0 Å². The topological polar surface area (TPSA) is 58.6 Å². The molecule has 5 heteroatoms. The maximum atomic E-state index is 11.3. The highest BCUT2D eigenvalue weighted by atomic mass is 35.5. The number of carbonyl (C=O) groups excluding carboxylic acids is 1. The van der Waals surface area contributed by atoms with E-state index in [1.807, 2.05) is 0 Å². The first-order chi connectivity index (χ1) is 8.15. The summed E-state index contributed by atoms with van der Waals surface area (Å²) in [5.74, 6) is -0.353. The molecule has 0 aromatic heterocycles. The van der Waals surface area contributed by atoms with E-state index in [-0.39, 0.29) is 18.4 Å². The van der Waals surface area contributed by atoms with Crippen LogP contribution in [0.15, 0.2) is 24.3 Å². The second kappa shape index (κ2) is 6.18. The van der Waals surface area contributed by atoms with Gasteiger partial charge < -0.3 is 15.2 Å². The number of halogens is 1. The predicted octanol–water partition coefficient (Wildman–Crippen LogP) is 1.47. The largest absolute Gasteiger partial charge is 0.465 e. The fourth-order valence-electron chi connectivity index (χ4n) is 2.16. The number of hydrogen-bond acceptors (Lipinski definition) is 4. The normalized spacial score (nSPS) is 17.7. The van der Waals surface area contributed by atoms with Crippen LogP contribution in [-0.2, 0) is 10.3 Å². The lowest BCUT2D eigenvalue weighted by Crippen LogP contribution is -2.39. The predicted molar refractivity (Wildman–Crippen MR) is 71.0 cm³/mol. The van der Waals surface area contributed by atoms with Gasteiger partial charge in [-0.3, -0.25) is 0 Å². The lowest BCUT2D eigenvalue weighted by atomic mass is 9.85. The second-order valence-corrected chi connectivity index (χ2v) is 4.35. The molecule has 0 unspecified atom stereocenters. The van der Waals surface area contributed by atoms with Crippen LogP contribution in [0, 0.1) is 0 Å². The highest BCUT2D eigenvalue weighted by Crippen LogP contribution is 2.30. The van der Waals surface area contributed by atoms with Gasteiger partial charge >= 0.3 is 5.97 Å². The molecule has 100 valence electrons. The van der Waals surface area contributed by atoms with E-state index < -0.39 is 5.60 Å². The van der Waals surface area contributed by atoms with Crippen molar-refractivity contribution in [3.8, 4) is 0 Å². The summed E-state index contributed by atoms with van der Waals surface area (Å²) in [4.78, 5) is 11.3. The van der Waals surface area contributed by atoms with Gasteiger partial charge in [0.2, 0.25) is 0 Å². The third-order valence-electron chi connectivity index (χ3n) is 3.27. The monoisotopic (exact) mass is 271 g/mol. The highest BCUT2D eigenvalue weighted by Gasteiger charge is 2.30. The van der Waals surface area contributed by atoms with Gasteiger partial charge in [-0.05, 0) is 43.6 Å². The Kier molecular flexibility index (Phi) is 5.14. The van der Waals surface area contributed by atoms with Crippen molar-refractivity contribution in [2.45, 2.75) is 18.4 Å². The van der Waals surface area contributed by atoms with Crippen LogP contribution in [0.5, 0.6) is 0 Å². The summed E-state index contributed by atoms with van der Waals surface area (Å²) in [5, 5.41) is 13.7. The van der Waals surface area contributed by atoms with E-state index in [1.54, 1.807) is 24.3 Å². The Labute approximate surface area is 113 Å². The molecule has 1 aromatic rings. The molecule has 1 aliphatic rings. The number of hydrogen-bond donors (Lipinski definition) is 2. The molecule has 1 fully saturated rings. The smallest absolute Gasteiger partial charge is 0.337 e. The minimum Gasteiger partial charge on any atom is -0.465 e. The SMILES string of the molecule is COC(=O)c1ccc(C2(O)CCNCC2)cc1.Cl. The Hall–Kier alpha value is -1.10. The summed E-state index contributed by atoms with van der Waals surface area (Å²) in [6.45, 7) is 1.63.